The predicted molar refractivity (Wildman–Crippen MR) is 85.0 cm³/mol. The van der Waals surface area contributed by atoms with Crippen molar-refractivity contribution in [1.29, 1.82) is 0 Å². The first-order valence-corrected chi connectivity index (χ1v) is 8.87. The molecule has 1 heterocycles. The van der Waals surface area contributed by atoms with Crippen LogP contribution in [0.15, 0.2) is 24.5 Å². The Morgan fingerprint density at radius 3 is 2.17 bits per heavy atom. The van der Waals surface area contributed by atoms with Crippen molar-refractivity contribution in [2.75, 3.05) is 0 Å². The highest BCUT2D eigenvalue weighted by Crippen LogP contribution is 2.55. The van der Waals surface area contributed by atoms with E-state index in [9.17, 15) is 4.79 Å². The highest BCUT2D eigenvalue weighted by molar-refractivity contribution is 5.76. The minimum Gasteiger partial charge on any atom is -1.00 e. The summed E-state index contributed by atoms with van der Waals surface area (Å²) in [6.45, 7) is 2.86. The first kappa shape index (κ1) is 16.9. The summed E-state index contributed by atoms with van der Waals surface area (Å²) in [6.07, 6.45) is 12.7. The van der Waals surface area contributed by atoms with E-state index in [1.165, 1.54) is 44.1 Å². The Kier molecular flexibility index (Phi) is 4.82. The van der Waals surface area contributed by atoms with E-state index < -0.39 is 0 Å². The number of carbonyl (C=O) groups is 1. The van der Waals surface area contributed by atoms with Gasteiger partial charge in [-0.05, 0) is 68.8 Å². The summed E-state index contributed by atoms with van der Waals surface area (Å²) < 4.78 is 2.10. The molecule has 23 heavy (non-hydrogen) atoms. The van der Waals surface area contributed by atoms with Crippen molar-refractivity contribution in [3.8, 4) is 0 Å². The van der Waals surface area contributed by atoms with Crippen molar-refractivity contribution in [2.24, 2.45) is 17.8 Å². The number of aromatic nitrogens is 1. The zero-order valence-corrected chi connectivity index (χ0v) is 15.5. The monoisotopic (exact) mass is 378 g/mol. The zero-order chi connectivity index (χ0) is 15.2. The second kappa shape index (κ2) is 6.54. The van der Waals surface area contributed by atoms with Crippen molar-refractivity contribution in [2.45, 2.75) is 64.0 Å². The molecule has 4 aliphatic carbocycles. The van der Waals surface area contributed by atoms with Crippen molar-refractivity contribution < 1.29 is 26.3 Å². The number of rotatable bonds is 4. The molecule has 0 unspecified atom stereocenters. The average Bonchev–Trinajstić information content (AvgIpc) is 2.44. The molecule has 0 atom stereocenters. The lowest BCUT2D eigenvalue weighted by Crippen LogP contribution is -3.00. The number of aryl methyl sites for hydroxylation is 2. The summed E-state index contributed by atoms with van der Waals surface area (Å²) >= 11 is 0. The Bertz CT molecular complexity index is 534. The van der Waals surface area contributed by atoms with Gasteiger partial charge in [-0.15, -0.1) is 0 Å². The number of hydrogen-bond donors (Lipinski definition) is 1. The van der Waals surface area contributed by atoms with E-state index in [-0.39, 0.29) is 28.4 Å². The smallest absolute Gasteiger partial charge is 0.226 e. The van der Waals surface area contributed by atoms with Gasteiger partial charge in [-0.2, -0.15) is 0 Å². The summed E-state index contributed by atoms with van der Waals surface area (Å²) in [6, 6.07) is 4.19. The lowest BCUT2D eigenvalue weighted by molar-refractivity contribution is -0.695. The van der Waals surface area contributed by atoms with Gasteiger partial charge in [-0.1, -0.05) is 0 Å². The minimum atomic E-state index is 0. The van der Waals surface area contributed by atoms with Gasteiger partial charge in [0.1, 0.15) is 0 Å². The molecule has 1 N–H and O–H groups in total. The third kappa shape index (κ3) is 3.62. The van der Waals surface area contributed by atoms with Gasteiger partial charge in [0, 0.05) is 17.7 Å². The van der Waals surface area contributed by atoms with E-state index in [4.69, 9.17) is 0 Å². The highest BCUT2D eigenvalue weighted by Gasteiger charge is 2.51. The van der Waals surface area contributed by atoms with Crippen molar-refractivity contribution >= 4 is 5.91 Å². The Morgan fingerprint density at radius 1 is 1.13 bits per heavy atom. The van der Waals surface area contributed by atoms with Crippen LogP contribution < -0.4 is 26.9 Å². The molecule has 5 rings (SSSR count). The van der Waals surface area contributed by atoms with Gasteiger partial charge in [0.2, 0.25) is 5.91 Å². The number of nitrogens with one attached hydrogen (secondary N) is 1. The maximum absolute atomic E-state index is 12.4. The van der Waals surface area contributed by atoms with Gasteiger partial charge in [-0.3, -0.25) is 4.79 Å². The molecule has 0 aliphatic heterocycles. The SMILES string of the molecule is Cc1cc[n+](CCC(=O)NC23CC4CC(CC(C4)C2)C3)cc1.[Br-]. The normalized spacial score (nSPS) is 34.0. The summed E-state index contributed by atoms with van der Waals surface area (Å²) in [5, 5.41) is 3.45. The van der Waals surface area contributed by atoms with Crippen LogP contribution in [0.25, 0.3) is 0 Å². The first-order valence-electron chi connectivity index (χ1n) is 8.87. The fraction of sp³-hybridized carbons (Fsp3) is 0.684. The van der Waals surface area contributed by atoms with Gasteiger partial charge in [0.15, 0.2) is 18.9 Å². The van der Waals surface area contributed by atoms with Gasteiger partial charge in [-0.25, -0.2) is 4.57 Å². The standard InChI is InChI=1S/C19H26N2O.BrH/c1-14-2-5-21(6-3-14)7-4-18(22)20-19-11-15-8-16(12-19)10-17(9-15)13-19;/h2-3,5-6,15-17H,4,7-13H2,1H3;1H. The van der Waals surface area contributed by atoms with E-state index in [2.05, 4.69) is 41.3 Å². The molecule has 4 fully saturated rings. The molecule has 4 aliphatic rings. The van der Waals surface area contributed by atoms with E-state index in [0.29, 0.717) is 6.42 Å². The first-order chi connectivity index (χ1) is 10.6. The molecule has 4 bridgehead atoms. The van der Waals surface area contributed by atoms with Crippen molar-refractivity contribution in [3.05, 3.63) is 30.1 Å². The number of pyridine rings is 1. The minimum absolute atomic E-state index is 0. The topological polar surface area (TPSA) is 33.0 Å². The molecule has 0 spiro atoms. The van der Waals surface area contributed by atoms with Gasteiger partial charge in [0.25, 0.3) is 0 Å². The number of halogens is 1. The highest BCUT2D eigenvalue weighted by atomic mass is 79.9. The Hall–Kier alpha value is -0.900. The molecule has 1 aromatic heterocycles. The van der Waals surface area contributed by atoms with Gasteiger partial charge >= 0.3 is 0 Å². The van der Waals surface area contributed by atoms with Crippen LogP contribution in [0.3, 0.4) is 0 Å². The van der Waals surface area contributed by atoms with Crippen LogP contribution in [0, 0.1) is 24.7 Å². The molecule has 4 heteroatoms. The number of carbonyl (C=O) groups excluding carboxylic acids is 1. The molecular formula is C19H27BrN2O. The Balaban J connectivity index is 0.00000156. The van der Waals surface area contributed by atoms with Gasteiger partial charge in [0.05, 0.1) is 6.42 Å². The molecule has 126 valence electrons. The number of nitrogens with zero attached hydrogens (tertiary/aromatic N) is 1. The fourth-order valence-corrected chi connectivity index (χ4v) is 5.53. The largest absolute Gasteiger partial charge is 1.00 e. The summed E-state index contributed by atoms with van der Waals surface area (Å²) in [7, 11) is 0. The second-order valence-electron chi connectivity index (χ2n) is 8.11. The lowest BCUT2D eigenvalue weighted by Gasteiger charge is -2.56. The summed E-state index contributed by atoms with van der Waals surface area (Å²) in [5.41, 5.74) is 1.42. The quantitative estimate of drug-likeness (QED) is 0.720. The molecular weight excluding hydrogens is 352 g/mol. The lowest BCUT2D eigenvalue weighted by atomic mass is 9.53. The Morgan fingerprint density at radius 2 is 1.65 bits per heavy atom. The van der Waals surface area contributed by atoms with Crippen LogP contribution in [0.1, 0.15) is 50.5 Å². The van der Waals surface area contributed by atoms with E-state index >= 15 is 0 Å². The third-order valence-corrected chi connectivity index (χ3v) is 6.10. The molecule has 4 saturated carbocycles. The van der Waals surface area contributed by atoms with E-state index in [1.807, 2.05) is 0 Å². The molecule has 0 aromatic carbocycles. The van der Waals surface area contributed by atoms with E-state index in [1.54, 1.807) is 0 Å². The predicted octanol–water partition coefficient (Wildman–Crippen LogP) is -0.238. The van der Waals surface area contributed by atoms with Crippen LogP contribution in [0.2, 0.25) is 0 Å². The Labute approximate surface area is 149 Å². The van der Waals surface area contributed by atoms with E-state index in [0.717, 1.165) is 24.3 Å². The molecule has 0 saturated heterocycles. The van der Waals surface area contributed by atoms with Crippen molar-refractivity contribution in [1.82, 2.24) is 5.32 Å². The van der Waals surface area contributed by atoms with Crippen LogP contribution in [0.4, 0.5) is 0 Å². The molecule has 0 radical (unpaired) electrons. The van der Waals surface area contributed by atoms with Crippen LogP contribution in [-0.2, 0) is 11.3 Å². The van der Waals surface area contributed by atoms with Crippen LogP contribution in [-0.4, -0.2) is 11.4 Å². The fourth-order valence-electron chi connectivity index (χ4n) is 5.53. The maximum Gasteiger partial charge on any atom is 0.226 e. The second-order valence-corrected chi connectivity index (χ2v) is 8.11. The maximum atomic E-state index is 12.4. The van der Waals surface area contributed by atoms with Crippen LogP contribution >= 0.6 is 0 Å². The summed E-state index contributed by atoms with van der Waals surface area (Å²) in [4.78, 5) is 12.4. The average molecular weight is 379 g/mol. The van der Waals surface area contributed by atoms with Crippen LogP contribution in [0.5, 0.6) is 0 Å². The van der Waals surface area contributed by atoms with Crippen molar-refractivity contribution in [3.63, 3.8) is 0 Å². The molecule has 1 amide bonds. The molecule has 1 aromatic rings. The number of hydrogen-bond acceptors (Lipinski definition) is 1. The molecule has 3 nitrogen and oxygen atoms in total. The van der Waals surface area contributed by atoms with Gasteiger partial charge < -0.3 is 22.3 Å². The zero-order valence-electron chi connectivity index (χ0n) is 13.9. The summed E-state index contributed by atoms with van der Waals surface area (Å²) in [5.74, 6) is 2.91. The number of amides is 1. The third-order valence-electron chi connectivity index (χ3n) is 6.10.